The molecule has 0 radical (unpaired) electrons. The van der Waals surface area contributed by atoms with Crippen molar-refractivity contribution in [1.29, 1.82) is 5.26 Å². The molecule has 0 amide bonds. The number of hydrogen-bond donors (Lipinski definition) is 0. The van der Waals surface area contributed by atoms with Crippen molar-refractivity contribution < 1.29 is 8.81 Å². The Bertz CT molecular complexity index is 755. The molecule has 2 aromatic rings. The summed E-state index contributed by atoms with van der Waals surface area (Å²) >= 11 is 0. The number of benzene rings is 1. The zero-order valence-electron chi connectivity index (χ0n) is 15.8. The third-order valence-electron chi connectivity index (χ3n) is 5.95. The van der Waals surface area contributed by atoms with Crippen molar-refractivity contribution in [1.82, 2.24) is 4.90 Å². The standard InChI is InChI=1S/C22H27FN2O/c1-21(2,3)22(10-12-24)11-13-25(16-20(22)23)15-17-6-8-18(9-7-17)19-5-4-14-26-19/h4-9,14,20H,10-11,13,15-16H2,1-3H3. The molecule has 26 heavy (non-hydrogen) atoms. The van der Waals surface area contributed by atoms with Gasteiger partial charge in [-0.15, -0.1) is 0 Å². The molecule has 4 heteroatoms. The van der Waals surface area contributed by atoms with Gasteiger partial charge in [-0.3, -0.25) is 4.90 Å². The highest BCUT2D eigenvalue weighted by atomic mass is 19.1. The number of furan rings is 1. The predicted octanol–water partition coefficient (Wildman–Crippen LogP) is 5.44. The Morgan fingerprint density at radius 2 is 2.00 bits per heavy atom. The third-order valence-corrected chi connectivity index (χ3v) is 5.95. The van der Waals surface area contributed by atoms with Gasteiger partial charge in [0.2, 0.25) is 0 Å². The van der Waals surface area contributed by atoms with Crippen LogP contribution < -0.4 is 0 Å². The average molecular weight is 354 g/mol. The minimum absolute atomic E-state index is 0.223. The molecule has 3 rings (SSSR count). The second-order valence-electron chi connectivity index (χ2n) is 8.37. The van der Waals surface area contributed by atoms with Crippen LogP contribution in [-0.2, 0) is 6.54 Å². The molecule has 138 valence electrons. The fourth-order valence-corrected chi connectivity index (χ4v) is 4.08. The molecule has 2 heterocycles. The van der Waals surface area contributed by atoms with E-state index in [0.717, 1.165) is 36.4 Å². The van der Waals surface area contributed by atoms with Gasteiger partial charge < -0.3 is 4.42 Å². The Morgan fingerprint density at radius 3 is 2.54 bits per heavy atom. The summed E-state index contributed by atoms with van der Waals surface area (Å²) in [5, 5.41) is 9.23. The largest absolute Gasteiger partial charge is 0.464 e. The molecule has 1 aliphatic heterocycles. The van der Waals surface area contributed by atoms with Gasteiger partial charge in [0.25, 0.3) is 0 Å². The third kappa shape index (κ3) is 3.54. The van der Waals surface area contributed by atoms with E-state index in [1.54, 1.807) is 6.26 Å². The zero-order chi connectivity index (χ0) is 18.8. The van der Waals surface area contributed by atoms with Crippen LogP contribution >= 0.6 is 0 Å². The lowest BCUT2D eigenvalue weighted by atomic mass is 9.59. The van der Waals surface area contributed by atoms with Crippen LogP contribution in [0.15, 0.2) is 47.1 Å². The van der Waals surface area contributed by atoms with Crippen LogP contribution in [0.5, 0.6) is 0 Å². The van der Waals surface area contributed by atoms with E-state index in [-0.39, 0.29) is 11.8 Å². The summed E-state index contributed by atoms with van der Waals surface area (Å²) in [5.41, 5.74) is 1.43. The zero-order valence-corrected chi connectivity index (χ0v) is 15.8. The molecule has 0 N–H and O–H groups in total. The van der Waals surface area contributed by atoms with E-state index in [2.05, 4.69) is 43.9 Å². The molecule has 1 saturated heterocycles. The Labute approximate surface area is 155 Å². The van der Waals surface area contributed by atoms with Gasteiger partial charge in [-0.1, -0.05) is 45.0 Å². The second kappa shape index (κ2) is 7.25. The maximum absolute atomic E-state index is 15.2. The van der Waals surface area contributed by atoms with Crippen LogP contribution in [0.25, 0.3) is 11.3 Å². The molecule has 2 atom stereocenters. The number of hydrogen-bond acceptors (Lipinski definition) is 3. The Kier molecular flexibility index (Phi) is 5.20. The van der Waals surface area contributed by atoms with Crippen molar-refractivity contribution >= 4 is 0 Å². The lowest BCUT2D eigenvalue weighted by Crippen LogP contribution is -2.54. The normalized spacial score (nSPS) is 24.3. The smallest absolute Gasteiger partial charge is 0.133 e. The fraction of sp³-hybridized carbons (Fsp3) is 0.500. The molecule has 0 spiro atoms. The second-order valence-corrected chi connectivity index (χ2v) is 8.37. The molecular formula is C22H27FN2O. The Balaban J connectivity index is 1.67. The van der Waals surface area contributed by atoms with Crippen LogP contribution in [0.3, 0.4) is 0 Å². The first-order chi connectivity index (χ1) is 12.4. The number of halogens is 1. The number of nitrogens with zero attached hydrogens (tertiary/aromatic N) is 2. The summed E-state index contributed by atoms with van der Waals surface area (Å²) in [6.45, 7) is 8.10. The van der Waals surface area contributed by atoms with Crippen molar-refractivity contribution in [3.8, 4) is 17.4 Å². The molecule has 1 aliphatic rings. The number of alkyl halides is 1. The average Bonchev–Trinajstić information content (AvgIpc) is 3.12. The summed E-state index contributed by atoms with van der Waals surface area (Å²) in [4.78, 5) is 2.16. The lowest BCUT2D eigenvalue weighted by Gasteiger charge is -2.51. The molecule has 1 fully saturated rings. The number of piperidine rings is 1. The van der Waals surface area contributed by atoms with Crippen molar-refractivity contribution in [3.63, 3.8) is 0 Å². The van der Waals surface area contributed by atoms with Gasteiger partial charge in [0.05, 0.1) is 12.3 Å². The topological polar surface area (TPSA) is 40.2 Å². The van der Waals surface area contributed by atoms with Crippen molar-refractivity contribution in [2.75, 3.05) is 13.1 Å². The summed E-state index contributed by atoms with van der Waals surface area (Å²) in [7, 11) is 0. The number of rotatable bonds is 4. The summed E-state index contributed by atoms with van der Waals surface area (Å²) in [6.07, 6.45) is 1.68. The van der Waals surface area contributed by atoms with Gasteiger partial charge in [-0.05, 0) is 36.1 Å². The van der Waals surface area contributed by atoms with E-state index >= 15 is 4.39 Å². The van der Waals surface area contributed by atoms with Crippen LogP contribution in [-0.4, -0.2) is 24.2 Å². The van der Waals surface area contributed by atoms with Gasteiger partial charge >= 0.3 is 0 Å². The van der Waals surface area contributed by atoms with Gasteiger partial charge in [0.15, 0.2) is 0 Å². The van der Waals surface area contributed by atoms with Gasteiger partial charge in [-0.2, -0.15) is 5.26 Å². The molecule has 1 aromatic carbocycles. The van der Waals surface area contributed by atoms with E-state index in [0.29, 0.717) is 6.54 Å². The highest BCUT2D eigenvalue weighted by Crippen LogP contribution is 2.50. The van der Waals surface area contributed by atoms with Gasteiger partial charge in [0.1, 0.15) is 11.9 Å². The molecule has 1 aromatic heterocycles. The highest BCUT2D eigenvalue weighted by Gasteiger charge is 2.51. The maximum atomic E-state index is 15.2. The monoisotopic (exact) mass is 354 g/mol. The minimum Gasteiger partial charge on any atom is -0.464 e. The van der Waals surface area contributed by atoms with E-state index in [4.69, 9.17) is 4.42 Å². The van der Waals surface area contributed by atoms with E-state index in [9.17, 15) is 5.26 Å². The Hall–Kier alpha value is -2.12. The maximum Gasteiger partial charge on any atom is 0.133 e. The van der Waals surface area contributed by atoms with Crippen LogP contribution in [0, 0.1) is 22.2 Å². The number of nitriles is 1. The van der Waals surface area contributed by atoms with Gasteiger partial charge in [0, 0.05) is 30.5 Å². The van der Waals surface area contributed by atoms with Crippen LogP contribution in [0.1, 0.15) is 39.2 Å². The summed E-state index contributed by atoms with van der Waals surface area (Å²) < 4.78 is 20.6. The predicted molar refractivity (Wildman–Crippen MR) is 101 cm³/mol. The molecule has 0 aliphatic carbocycles. The SMILES string of the molecule is CC(C)(C)C1(CC#N)CCN(Cc2ccc(-c3ccco3)cc2)CC1F. The first kappa shape index (κ1) is 18.7. The lowest BCUT2D eigenvalue weighted by molar-refractivity contribution is -0.0660. The first-order valence-electron chi connectivity index (χ1n) is 9.22. The van der Waals surface area contributed by atoms with Crippen LogP contribution in [0.2, 0.25) is 0 Å². The minimum atomic E-state index is -0.988. The van der Waals surface area contributed by atoms with Crippen molar-refractivity contribution in [3.05, 3.63) is 48.2 Å². The molecule has 3 nitrogen and oxygen atoms in total. The quantitative estimate of drug-likeness (QED) is 0.734. The van der Waals surface area contributed by atoms with E-state index in [1.807, 2.05) is 24.3 Å². The van der Waals surface area contributed by atoms with E-state index < -0.39 is 11.6 Å². The van der Waals surface area contributed by atoms with Crippen molar-refractivity contribution in [2.45, 2.75) is 46.3 Å². The van der Waals surface area contributed by atoms with Crippen LogP contribution in [0.4, 0.5) is 4.39 Å². The molecule has 2 unspecified atom stereocenters. The van der Waals surface area contributed by atoms with E-state index in [1.165, 1.54) is 0 Å². The molecule has 0 saturated carbocycles. The fourth-order valence-electron chi connectivity index (χ4n) is 4.08. The van der Waals surface area contributed by atoms with Crippen molar-refractivity contribution in [2.24, 2.45) is 10.8 Å². The molecular weight excluding hydrogens is 327 g/mol. The number of likely N-dealkylation sites (tertiary alicyclic amines) is 1. The van der Waals surface area contributed by atoms with Gasteiger partial charge in [-0.25, -0.2) is 4.39 Å². The summed E-state index contributed by atoms with van der Waals surface area (Å²) in [5.74, 6) is 0.852. The molecule has 0 bridgehead atoms. The Morgan fingerprint density at radius 1 is 1.27 bits per heavy atom. The first-order valence-corrected chi connectivity index (χ1v) is 9.22. The summed E-state index contributed by atoms with van der Waals surface area (Å²) in [6, 6.07) is 14.3. The highest BCUT2D eigenvalue weighted by molar-refractivity contribution is 5.57.